The summed E-state index contributed by atoms with van der Waals surface area (Å²) in [5.41, 5.74) is 9.07. The number of rotatable bonds is 9. The second kappa shape index (κ2) is 11.1. The van der Waals surface area contributed by atoms with Crippen LogP contribution in [0.1, 0.15) is 25.8 Å². The van der Waals surface area contributed by atoms with E-state index in [-0.39, 0.29) is 5.82 Å². The fourth-order valence-electron chi connectivity index (χ4n) is 5.36. The highest BCUT2D eigenvalue weighted by molar-refractivity contribution is 6.01. The van der Waals surface area contributed by atoms with Gasteiger partial charge in [0, 0.05) is 40.3 Å². The van der Waals surface area contributed by atoms with E-state index in [2.05, 4.69) is 81.5 Å². The maximum Gasteiger partial charge on any atom is 0.124 e. The maximum absolute atomic E-state index is 14.7. The van der Waals surface area contributed by atoms with E-state index in [0.717, 1.165) is 86.2 Å². The smallest absolute Gasteiger partial charge is 0.124 e. The second-order valence-corrected chi connectivity index (χ2v) is 11.2. The lowest BCUT2D eigenvalue weighted by molar-refractivity contribution is 0.400. The van der Waals surface area contributed by atoms with Gasteiger partial charge in [0.25, 0.3) is 0 Å². The van der Waals surface area contributed by atoms with Crippen molar-refractivity contribution < 1.29 is 4.39 Å². The molecular weight excluding hydrogens is 513 g/mol. The van der Waals surface area contributed by atoms with E-state index >= 15 is 0 Å². The van der Waals surface area contributed by atoms with Gasteiger partial charge in [-0.2, -0.15) is 5.10 Å². The molecule has 0 amide bonds. The molecule has 0 aliphatic heterocycles. The molecule has 0 saturated carbocycles. The van der Waals surface area contributed by atoms with E-state index in [1.165, 1.54) is 0 Å². The molecule has 0 bridgehead atoms. The van der Waals surface area contributed by atoms with Gasteiger partial charge >= 0.3 is 0 Å². The molecule has 6 aromatic rings. The molecular formula is C33H34FN7. The van der Waals surface area contributed by atoms with Crippen LogP contribution in [-0.2, 0) is 6.42 Å². The molecule has 6 rings (SSSR count). The Morgan fingerprint density at radius 3 is 2.63 bits per heavy atom. The number of fused-ring (bicyclic) bond motifs is 2. The van der Waals surface area contributed by atoms with Crippen molar-refractivity contribution in [2.75, 3.05) is 26.0 Å². The molecule has 208 valence electrons. The number of halogens is 1. The van der Waals surface area contributed by atoms with E-state index in [1.54, 1.807) is 12.1 Å². The van der Waals surface area contributed by atoms with E-state index in [1.807, 2.05) is 42.9 Å². The van der Waals surface area contributed by atoms with Gasteiger partial charge in [0.1, 0.15) is 11.5 Å². The molecule has 0 saturated heterocycles. The van der Waals surface area contributed by atoms with Crippen LogP contribution in [0.25, 0.3) is 55.6 Å². The molecule has 4 aromatic heterocycles. The molecule has 0 fully saturated rings. The van der Waals surface area contributed by atoms with E-state index in [0.29, 0.717) is 6.04 Å². The summed E-state index contributed by atoms with van der Waals surface area (Å²) in [5, 5.41) is 13.1. The third-order valence-electron chi connectivity index (χ3n) is 7.20. The van der Waals surface area contributed by atoms with Crippen LogP contribution in [0.3, 0.4) is 0 Å². The molecule has 0 aliphatic rings. The number of hydrogen-bond acceptors (Lipinski definition) is 5. The summed E-state index contributed by atoms with van der Waals surface area (Å²) in [6.45, 7) is 5.16. The van der Waals surface area contributed by atoms with E-state index in [9.17, 15) is 4.39 Å². The SMILES string of the molecule is CC(C)Nc1cncc(-c2cc3c(-c4cc5c(-c6cc(F)cc(CCCN(C)C)c6)cccc5[nH]4)n[nH]c3cn2)c1. The summed E-state index contributed by atoms with van der Waals surface area (Å²) in [6.07, 6.45) is 7.26. The van der Waals surface area contributed by atoms with Crippen molar-refractivity contribution in [3.05, 3.63) is 84.6 Å². The largest absolute Gasteiger partial charge is 0.382 e. The molecule has 0 aliphatic carbocycles. The number of aromatic nitrogens is 5. The summed E-state index contributed by atoms with van der Waals surface area (Å²) in [6, 6.07) is 18.0. The molecule has 4 heterocycles. The number of anilines is 1. The minimum Gasteiger partial charge on any atom is -0.382 e. The van der Waals surface area contributed by atoms with E-state index < -0.39 is 0 Å². The van der Waals surface area contributed by atoms with Crippen LogP contribution in [0.5, 0.6) is 0 Å². The second-order valence-electron chi connectivity index (χ2n) is 11.2. The molecule has 8 heteroatoms. The molecule has 7 nitrogen and oxygen atoms in total. The summed E-state index contributed by atoms with van der Waals surface area (Å²) in [4.78, 5) is 14.8. The number of aryl methyl sites for hydroxylation is 1. The van der Waals surface area contributed by atoms with Crippen molar-refractivity contribution in [1.29, 1.82) is 0 Å². The van der Waals surface area contributed by atoms with Crippen molar-refractivity contribution in [3.63, 3.8) is 0 Å². The van der Waals surface area contributed by atoms with Crippen molar-refractivity contribution in [1.82, 2.24) is 30.0 Å². The summed E-state index contributed by atoms with van der Waals surface area (Å²) < 4.78 is 14.7. The summed E-state index contributed by atoms with van der Waals surface area (Å²) in [7, 11) is 4.11. The minimum atomic E-state index is -0.212. The first-order valence-electron chi connectivity index (χ1n) is 14.0. The Morgan fingerprint density at radius 1 is 0.927 bits per heavy atom. The Hall–Kier alpha value is -4.56. The maximum atomic E-state index is 14.7. The zero-order chi connectivity index (χ0) is 28.5. The number of nitrogens with zero attached hydrogens (tertiary/aromatic N) is 4. The molecule has 0 atom stereocenters. The van der Waals surface area contributed by atoms with Crippen LogP contribution in [0.4, 0.5) is 10.1 Å². The highest BCUT2D eigenvalue weighted by Gasteiger charge is 2.16. The zero-order valence-corrected chi connectivity index (χ0v) is 23.8. The van der Waals surface area contributed by atoms with Crippen molar-refractivity contribution in [2.45, 2.75) is 32.7 Å². The Bertz CT molecular complexity index is 1830. The average Bonchev–Trinajstić information content (AvgIpc) is 3.56. The number of benzene rings is 2. The Morgan fingerprint density at radius 2 is 1.80 bits per heavy atom. The third kappa shape index (κ3) is 5.69. The predicted molar refractivity (Wildman–Crippen MR) is 165 cm³/mol. The minimum absolute atomic E-state index is 0.212. The number of H-pyrrole nitrogens is 2. The first kappa shape index (κ1) is 26.7. The number of hydrogen-bond donors (Lipinski definition) is 3. The van der Waals surface area contributed by atoms with Gasteiger partial charge in [0.05, 0.1) is 28.8 Å². The first-order chi connectivity index (χ1) is 19.8. The van der Waals surface area contributed by atoms with Crippen LogP contribution >= 0.6 is 0 Å². The van der Waals surface area contributed by atoms with E-state index in [4.69, 9.17) is 0 Å². The van der Waals surface area contributed by atoms with Gasteiger partial charge in [-0.25, -0.2) is 4.39 Å². The quantitative estimate of drug-likeness (QED) is 0.177. The van der Waals surface area contributed by atoms with Gasteiger partial charge in [-0.1, -0.05) is 18.2 Å². The zero-order valence-electron chi connectivity index (χ0n) is 23.8. The van der Waals surface area contributed by atoms with Crippen LogP contribution in [0, 0.1) is 5.82 Å². The highest BCUT2D eigenvalue weighted by Crippen LogP contribution is 2.35. The number of pyridine rings is 2. The first-order valence-corrected chi connectivity index (χ1v) is 14.0. The fourth-order valence-corrected chi connectivity index (χ4v) is 5.36. The van der Waals surface area contributed by atoms with Crippen LogP contribution in [0.15, 0.2) is 73.2 Å². The van der Waals surface area contributed by atoms with Crippen molar-refractivity contribution in [3.8, 4) is 33.8 Å². The molecule has 0 radical (unpaired) electrons. The lowest BCUT2D eigenvalue weighted by Gasteiger charge is -2.11. The Balaban J connectivity index is 1.37. The van der Waals surface area contributed by atoms with Gasteiger partial charge in [-0.05, 0) is 100 Å². The lowest BCUT2D eigenvalue weighted by Crippen LogP contribution is -2.13. The number of nitrogens with one attached hydrogen (secondary N) is 3. The third-order valence-corrected chi connectivity index (χ3v) is 7.20. The van der Waals surface area contributed by atoms with Crippen molar-refractivity contribution in [2.24, 2.45) is 0 Å². The van der Waals surface area contributed by atoms with Gasteiger partial charge in [-0.3, -0.25) is 15.1 Å². The molecule has 0 unspecified atom stereocenters. The fraction of sp³-hybridized carbons (Fsp3) is 0.242. The standard InChI is InChI=1S/C33H34FN7/c1-20(2)37-25-14-23(17-35-18-25)30-16-28-32(19-36-30)39-40-33(28)31-15-27-26(8-5-9-29(27)38-31)22-11-21(12-24(34)13-22)7-6-10-41(3)4/h5,8-9,11-20,37-38H,6-7,10H2,1-4H3,(H,39,40). The lowest BCUT2D eigenvalue weighted by atomic mass is 9.98. The van der Waals surface area contributed by atoms with Gasteiger partial charge in [0.2, 0.25) is 0 Å². The van der Waals surface area contributed by atoms with Gasteiger partial charge < -0.3 is 15.2 Å². The normalized spacial score (nSPS) is 11.8. The monoisotopic (exact) mass is 547 g/mol. The molecule has 3 N–H and O–H groups in total. The molecule has 41 heavy (non-hydrogen) atoms. The topological polar surface area (TPSA) is 85.5 Å². The average molecular weight is 548 g/mol. The van der Waals surface area contributed by atoms with Crippen LogP contribution in [-0.4, -0.2) is 56.7 Å². The number of aromatic amines is 2. The Labute approximate surface area is 238 Å². The van der Waals surface area contributed by atoms with Crippen molar-refractivity contribution >= 4 is 27.5 Å². The summed E-state index contributed by atoms with van der Waals surface area (Å²) in [5.74, 6) is -0.212. The van der Waals surface area contributed by atoms with Gasteiger partial charge in [0.15, 0.2) is 0 Å². The Kier molecular flexibility index (Phi) is 7.24. The van der Waals surface area contributed by atoms with Gasteiger partial charge in [-0.15, -0.1) is 0 Å². The van der Waals surface area contributed by atoms with Crippen LogP contribution in [0.2, 0.25) is 0 Å². The highest BCUT2D eigenvalue weighted by atomic mass is 19.1. The molecule has 0 spiro atoms. The predicted octanol–water partition coefficient (Wildman–Crippen LogP) is 7.29. The summed E-state index contributed by atoms with van der Waals surface area (Å²) >= 11 is 0. The molecule has 2 aromatic carbocycles. The van der Waals surface area contributed by atoms with Crippen LogP contribution < -0.4 is 5.32 Å².